The molecule has 7 nitrogen and oxygen atoms in total. The molecule has 1 fully saturated rings. The molecule has 0 saturated carbocycles. The highest BCUT2D eigenvalue weighted by Gasteiger charge is 2.19. The number of H-pyrrole nitrogens is 1. The van der Waals surface area contributed by atoms with Crippen LogP contribution in [0.1, 0.15) is 12.8 Å². The van der Waals surface area contributed by atoms with E-state index in [1.807, 2.05) is 18.2 Å². The quantitative estimate of drug-likeness (QED) is 0.632. The molecule has 3 heterocycles. The monoisotopic (exact) mass is 415 g/mol. The second-order valence-electron chi connectivity index (χ2n) is 7.46. The number of piperidine rings is 1. The van der Waals surface area contributed by atoms with Gasteiger partial charge in [0.05, 0.1) is 31.1 Å². The third-order valence-electron chi connectivity index (χ3n) is 5.54. The zero-order valence-corrected chi connectivity index (χ0v) is 17.7. The van der Waals surface area contributed by atoms with Crippen LogP contribution in [0.2, 0.25) is 5.02 Å². The number of aromatic amines is 1. The SMILES string of the molecule is COc1ccc(-c2nc3ncc(Cl)c(NCC4CCN(C)CC4)c3[nH]2)cc1OC. The van der Waals surface area contributed by atoms with Gasteiger partial charge in [-0.1, -0.05) is 11.6 Å². The zero-order valence-electron chi connectivity index (χ0n) is 17.0. The topological polar surface area (TPSA) is 75.3 Å². The molecule has 1 aliphatic rings. The van der Waals surface area contributed by atoms with Crippen molar-refractivity contribution in [2.75, 3.05) is 46.2 Å². The first kappa shape index (κ1) is 19.8. The van der Waals surface area contributed by atoms with E-state index in [0.29, 0.717) is 33.9 Å². The molecule has 0 aliphatic carbocycles. The minimum atomic E-state index is 0.591. The summed E-state index contributed by atoms with van der Waals surface area (Å²) in [6, 6.07) is 5.69. The number of fused-ring (bicyclic) bond motifs is 1. The van der Waals surface area contributed by atoms with Crippen molar-refractivity contribution in [2.24, 2.45) is 5.92 Å². The number of aromatic nitrogens is 3. The van der Waals surface area contributed by atoms with E-state index < -0.39 is 0 Å². The molecule has 0 unspecified atom stereocenters. The predicted octanol–water partition coefficient (Wildman–Crippen LogP) is 4.05. The Balaban J connectivity index is 1.61. The number of nitrogens with one attached hydrogen (secondary N) is 2. The van der Waals surface area contributed by atoms with E-state index in [9.17, 15) is 0 Å². The smallest absolute Gasteiger partial charge is 0.180 e. The number of methoxy groups -OCH3 is 2. The maximum absolute atomic E-state index is 6.47. The second kappa shape index (κ2) is 8.47. The number of hydrogen-bond acceptors (Lipinski definition) is 6. The summed E-state index contributed by atoms with van der Waals surface area (Å²) in [6.45, 7) is 3.16. The highest BCUT2D eigenvalue weighted by atomic mass is 35.5. The van der Waals surface area contributed by atoms with E-state index in [1.165, 1.54) is 12.8 Å². The summed E-state index contributed by atoms with van der Waals surface area (Å²) in [4.78, 5) is 14.8. The molecule has 2 N–H and O–H groups in total. The Morgan fingerprint density at radius 1 is 1.21 bits per heavy atom. The number of nitrogens with zero attached hydrogens (tertiary/aromatic N) is 3. The fourth-order valence-corrected chi connectivity index (χ4v) is 3.95. The van der Waals surface area contributed by atoms with Gasteiger partial charge in [-0.3, -0.25) is 0 Å². The van der Waals surface area contributed by atoms with Gasteiger partial charge in [0.25, 0.3) is 0 Å². The van der Waals surface area contributed by atoms with Crippen molar-refractivity contribution in [3.05, 3.63) is 29.4 Å². The molecule has 1 aliphatic heterocycles. The Morgan fingerprint density at radius 2 is 1.97 bits per heavy atom. The van der Waals surface area contributed by atoms with E-state index in [0.717, 1.165) is 36.4 Å². The Morgan fingerprint density at radius 3 is 2.69 bits per heavy atom. The van der Waals surface area contributed by atoms with Gasteiger partial charge in [0.1, 0.15) is 11.3 Å². The van der Waals surface area contributed by atoms with Gasteiger partial charge in [-0.2, -0.15) is 0 Å². The van der Waals surface area contributed by atoms with Crippen LogP contribution in [0, 0.1) is 5.92 Å². The van der Waals surface area contributed by atoms with Gasteiger partial charge in [-0.15, -0.1) is 0 Å². The highest BCUT2D eigenvalue weighted by molar-refractivity contribution is 6.34. The molecule has 0 spiro atoms. The molecule has 0 atom stereocenters. The molecule has 1 saturated heterocycles. The number of hydrogen-bond donors (Lipinski definition) is 2. The first-order chi connectivity index (χ1) is 14.1. The maximum Gasteiger partial charge on any atom is 0.180 e. The lowest BCUT2D eigenvalue weighted by Crippen LogP contribution is -2.33. The van der Waals surface area contributed by atoms with E-state index in [4.69, 9.17) is 21.1 Å². The van der Waals surface area contributed by atoms with Crippen LogP contribution in [0.4, 0.5) is 5.69 Å². The summed E-state index contributed by atoms with van der Waals surface area (Å²) in [5, 5.41) is 4.13. The normalized spacial score (nSPS) is 15.6. The van der Waals surface area contributed by atoms with Crippen molar-refractivity contribution in [1.29, 1.82) is 0 Å². The Labute approximate surface area is 175 Å². The molecule has 0 amide bonds. The molecule has 154 valence electrons. The number of halogens is 1. The van der Waals surface area contributed by atoms with Crippen molar-refractivity contribution in [3.63, 3.8) is 0 Å². The van der Waals surface area contributed by atoms with Gasteiger partial charge in [-0.05, 0) is 57.1 Å². The lowest BCUT2D eigenvalue weighted by atomic mass is 9.97. The van der Waals surface area contributed by atoms with Crippen LogP contribution in [0.25, 0.3) is 22.6 Å². The Bertz CT molecular complexity index is 998. The summed E-state index contributed by atoms with van der Waals surface area (Å²) in [5.41, 5.74) is 3.19. The van der Waals surface area contributed by atoms with Crippen molar-refractivity contribution >= 4 is 28.5 Å². The summed E-state index contributed by atoms with van der Waals surface area (Å²) in [5.74, 6) is 2.67. The first-order valence-corrected chi connectivity index (χ1v) is 10.2. The average Bonchev–Trinajstić information content (AvgIpc) is 3.18. The molecular formula is C21H26ClN5O2. The summed E-state index contributed by atoms with van der Waals surface area (Å²) >= 11 is 6.47. The fourth-order valence-electron chi connectivity index (χ4n) is 3.74. The molecule has 0 bridgehead atoms. The van der Waals surface area contributed by atoms with Gasteiger partial charge in [0.2, 0.25) is 0 Å². The molecule has 1 aromatic carbocycles. The minimum Gasteiger partial charge on any atom is -0.493 e. The number of rotatable bonds is 6. The van der Waals surface area contributed by atoms with Crippen molar-refractivity contribution < 1.29 is 9.47 Å². The lowest BCUT2D eigenvalue weighted by Gasteiger charge is -2.29. The maximum atomic E-state index is 6.47. The zero-order chi connectivity index (χ0) is 20.4. The van der Waals surface area contributed by atoms with E-state index in [2.05, 4.69) is 32.2 Å². The standard InChI is InChI=1S/C21H26ClN5O2/c1-27-8-6-13(7-9-27)11-23-18-15(22)12-24-21-19(18)25-20(26-21)14-4-5-16(28-2)17(10-14)29-3/h4-5,10,12-13H,6-9,11H2,1-3H3,(H2,23,24,25,26). The predicted molar refractivity (Wildman–Crippen MR) is 116 cm³/mol. The largest absolute Gasteiger partial charge is 0.493 e. The lowest BCUT2D eigenvalue weighted by molar-refractivity contribution is 0.226. The Kier molecular flexibility index (Phi) is 5.78. The van der Waals surface area contributed by atoms with Crippen LogP contribution in [-0.2, 0) is 0 Å². The third-order valence-corrected chi connectivity index (χ3v) is 5.82. The van der Waals surface area contributed by atoms with Gasteiger partial charge >= 0.3 is 0 Å². The third kappa shape index (κ3) is 4.11. The van der Waals surface area contributed by atoms with Crippen LogP contribution in [-0.4, -0.2) is 60.8 Å². The van der Waals surface area contributed by atoms with Crippen molar-refractivity contribution in [1.82, 2.24) is 19.9 Å². The minimum absolute atomic E-state index is 0.591. The van der Waals surface area contributed by atoms with Crippen LogP contribution in [0.3, 0.4) is 0 Å². The van der Waals surface area contributed by atoms with Crippen LogP contribution < -0.4 is 14.8 Å². The van der Waals surface area contributed by atoms with E-state index in [-0.39, 0.29) is 0 Å². The fraction of sp³-hybridized carbons (Fsp3) is 0.429. The molecule has 8 heteroatoms. The number of benzene rings is 1. The highest BCUT2D eigenvalue weighted by Crippen LogP contribution is 2.34. The number of ether oxygens (including phenoxy) is 2. The van der Waals surface area contributed by atoms with Crippen LogP contribution in [0.5, 0.6) is 11.5 Å². The van der Waals surface area contributed by atoms with Crippen molar-refractivity contribution in [3.8, 4) is 22.9 Å². The van der Waals surface area contributed by atoms with Crippen LogP contribution >= 0.6 is 11.6 Å². The van der Waals surface area contributed by atoms with Gasteiger partial charge in [0.15, 0.2) is 17.1 Å². The van der Waals surface area contributed by atoms with Gasteiger partial charge in [-0.25, -0.2) is 9.97 Å². The first-order valence-electron chi connectivity index (χ1n) is 9.78. The molecule has 29 heavy (non-hydrogen) atoms. The molecule has 4 rings (SSSR count). The number of anilines is 1. The molecular weight excluding hydrogens is 390 g/mol. The summed E-state index contributed by atoms with van der Waals surface area (Å²) in [7, 11) is 5.41. The van der Waals surface area contributed by atoms with E-state index >= 15 is 0 Å². The number of likely N-dealkylation sites (tertiary alicyclic amines) is 1. The van der Waals surface area contributed by atoms with Gasteiger partial charge < -0.3 is 24.7 Å². The van der Waals surface area contributed by atoms with Crippen LogP contribution in [0.15, 0.2) is 24.4 Å². The second-order valence-corrected chi connectivity index (χ2v) is 7.87. The average molecular weight is 416 g/mol. The molecule has 2 aromatic heterocycles. The number of pyridine rings is 1. The summed E-state index contributed by atoms with van der Waals surface area (Å²) < 4.78 is 10.7. The van der Waals surface area contributed by atoms with Gasteiger partial charge in [0, 0.05) is 12.1 Å². The molecule has 0 radical (unpaired) electrons. The molecule has 3 aromatic rings. The summed E-state index contributed by atoms with van der Waals surface area (Å²) in [6.07, 6.45) is 4.03. The Hall–Kier alpha value is -2.51. The number of imidazole rings is 1. The van der Waals surface area contributed by atoms with E-state index in [1.54, 1.807) is 20.4 Å². The van der Waals surface area contributed by atoms with Crippen molar-refractivity contribution in [2.45, 2.75) is 12.8 Å².